The van der Waals surface area contributed by atoms with Crippen LogP contribution in [0.2, 0.25) is 5.02 Å². The van der Waals surface area contributed by atoms with E-state index in [1.165, 1.54) is 23.8 Å². The molecular formula is C24H21ClN8O2S. The number of fused-ring (bicyclic) bond motifs is 1. The van der Waals surface area contributed by atoms with E-state index in [0.717, 1.165) is 15.9 Å². The summed E-state index contributed by atoms with van der Waals surface area (Å²) in [5.74, 6) is -0.0341. The number of anilines is 2. The van der Waals surface area contributed by atoms with Crippen molar-refractivity contribution >= 4 is 56.2 Å². The van der Waals surface area contributed by atoms with E-state index in [-0.39, 0.29) is 11.9 Å². The van der Waals surface area contributed by atoms with Crippen LogP contribution in [0.15, 0.2) is 81.7 Å². The minimum atomic E-state index is -0.774. The summed E-state index contributed by atoms with van der Waals surface area (Å²) in [6.07, 6.45) is 2.97. The van der Waals surface area contributed by atoms with Gasteiger partial charge in [-0.25, -0.2) is 15.0 Å². The molecule has 1 aromatic carbocycles. The number of nitrogens with zero attached hydrogens (tertiary/aromatic N) is 4. The lowest BCUT2D eigenvalue weighted by molar-refractivity contribution is -0.113. The molecule has 12 heteroatoms. The third kappa shape index (κ3) is 5.07. The molecule has 0 spiro atoms. The largest absolute Gasteiger partial charge is 0.434 e. The van der Waals surface area contributed by atoms with Crippen LogP contribution in [-0.2, 0) is 4.79 Å². The minimum absolute atomic E-state index is 0.208. The standard InChI is InChI=1S/C24H21ClN8O2S/c1-13-8-4-3-7-11-35-23(27-13)32-22-28-14(2)18(20(30-22)19-15(25)12-26-33-19)21(34)31-24-29-16-9-5-6-10-17(16)36-24/h3-12,20H,1-2H3,(H,26,33)(H,29,31,34)(H2,27,28,30,32). The molecule has 1 amide bonds. The van der Waals surface area contributed by atoms with E-state index in [2.05, 4.69) is 36.1 Å². The molecule has 1 aliphatic heterocycles. The third-order valence-corrected chi connectivity index (χ3v) is 6.47. The molecule has 0 saturated carbocycles. The molecule has 0 aliphatic carbocycles. The maximum Gasteiger partial charge on any atom is 0.301 e. The SMILES string of the molecule is CC1=C(C(=O)Nc2nc3ccccc3s2)C(c2[nH]ncc2Cl)N=C(Nc2nc(C)ccccco2)N1. The van der Waals surface area contributed by atoms with Gasteiger partial charge in [-0.15, -0.1) is 0 Å². The Balaban J connectivity index is 1.48. The first-order valence-corrected chi connectivity index (χ1v) is 12.1. The minimum Gasteiger partial charge on any atom is -0.434 e. The van der Waals surface area contributed by atoms with Crippen molar-refractivity contribution in [3.05, 3.63) is 88.7 Å². The van der Waals surface area contributed by atoms with Gasteiger partial charge in [-0.3, -0.25) is 20.5 Å². The lowest BCUT2D eigenvalue weighted by Crippen LogP contribution is -2.37. The van der Waals surface area contributed by atoms with Crippen LogP contribution in [0.4, 0.5) is 11.1 Å². The van der Waals surface area contributed by atoms with E-state index >= 15 is 0 Å². The lowest BCUT2D eigenvalue weighted by atomic mass is 10.00. The van der Waals surface area contributed by atoms with Crippen molar-refractivity contribution in [3.63, 3.8) is 0 Å². The zero-order valence-corrected chi connectivity index (χ0v) is 20.8. The fourth-order valence-corrected chi connectivity index (χ4v) is 4.65. The predicted molar refractivity (Wildman–Crippen MR) is 140 cm³/mol. The first-order valence-electron chi connectivity index (χ1n) is 10.9. The normalized spacial score (nSPS) is 15.2. The highest BCUT2D eigenvalue weighted by Crippen LogP contribution is 2.34. The van der Waals surface area contributed by atoms with Gasteiger partial charge in [-0.1, -0.05) is 47.2 Å². The van der Waals surface area contributed by atoms with Gasteiger partial charge < -0.3 is 9.73 Å². The Morgan fingerprint density at radius 3 is 2.75 bits per heavy atom. The highest BCUT2D eigenvalue weighted by atomic mass is 35.5. The van der Waals surface area contributed by atoms with Gasteiger partial charge in [0.2, 0.25) is 5.96 Å². The summed E-state index contributed by atoms with van der Waals surface area (Å²) in [6, 6.07) is 14.4. The van der Waals surface area contributed by atoms with E-state index < -0.39 is 6.04 Å². The summed E-state index contributed by atoms with van der Waals surface area (Å²) in [5, 5.41) is 16.8. The monoisotopic (exact) mass is 520 g/mol. The number of aromatic amines is 1. The number of thiazole rings is 1. The van der Waals surface area contributed by atoms with E-state index in [0.29, 0.717) is 33.1 Å². The van der Waals surface area contributed by atoms with Crippen molar-refractivity contribution in [2.24, 2.45) is 4.99 Å². The Bertz CT molecular complexity index is 1520. The molecule has 0 saturated heterocycles. The molecule has 1 atom stereocenters. The number of hydrogen-bond donors (Lipinski definition) is 4. The first-order chi connectivity index (χ1) is 17.5. The predicted octanol–water partition coefficient (Wildman–Crippen LogP) is 5.12. The molecule has 4 heterocycles. The van der Waals surface area contributed by atoms with Crippen LogP contribution in [0.5, 0.6) is 0 Å². The van der Waals surface area contributed by atoms with Crippen molar-refractivity contribution in [2.75, 3.05) is 10.6 Å². The molecular weight excluding hydrogens is 500 g/mol. The number of aryl methyl sites for hydroxylation is 1. The molecule has 10 nitrogen and oxygen atoms in total. The Hall–Kier alpha value is -4.22. The number of benzene rings is 1. The zero-order valence-electron chi connectivity index (χ0n) is 19.2. The van der Waals surface area contributed by atoms with Gasteiger partial charge in [0, 0.05) is 11.4 Å². The Kier molecular flexibility index (Phi) is 6.65. The molecule has 4 aromatic rings. The smallest absolute Gasteiger partial charge is 0.301 e. The van der Waals surface area contributed by atoms with Crippen molar-refractivity contribution in [2.45, 2.75) is 19.9 Å². The summed E-state index contributed by atoms with van der Waals surface area (Å²) < 4.78 is 6.57. The van der Waals surface area contributed by atoms with Crippen LogP contribution in [0.3, 0.4) is 0 Å². The van der Waals surface area contributed by atoms with Gasteiger partial charge >= 0.3 is 6.01 Å². The zero-order chi connectivity index (χ0) is 25.1. The number of para-hydroxylation sites is 1. The van der Waals surface area contributed by atoms with Gasteiger partial charge in [0.05, 0.1) is 39.0 Å². The van der Waals surface area contributed by atoms with Gasteiger partial charge in [-0.05, 0) is 38.1 Å². The summed E-state index contributed by atoms with van der Waals surface area (Å²) in [6.45, 7) is 3.63. The highest BCUT2D eigenvalue weighted by molar-refractivity contribution is 7.22. The average Bonchev–Trinajstić information content (AvgIpc) is 3.47. The molecule has 36 heavy (non-hydrogen) atoms. The van der Waals surface area contributed by atoms with Gasteiger partial charge in [0.1, 0.15) is 6.04 Å². The van der Waals surface area contributed by atoms with Crippen LogP contribution < -0.4 is 16.0 Å². The number of aliphatic imine (C=N–C) groups is 1. The highest BCUT2D eigenvalue weighted by Gasteiger charge is 2.32. The van der Waals surface area contributed by atoms with E-state index in [4.69, 9.17) is 21.0 Å². The second-order valence-corrected chi connectivity index (χ2v) is 9.24. The molecule has 3 aromatic heterocycles. The number of aromatic nitrogens is 4. The molecule has 1 aliphatic rings. The first kappa shape index (κ1) is 23.5. The number of allylic oxidation sites excluding steroid dienone is 1. The van der Waals surface area contributed by atoms with Crippen LogP contribution in [0.25, 0.3) is 10.2 Å². The third-order valence-electron chi connectivity index (χ3n) is 5.22. The number of carbonyl (C=O) groups excluding carboxylic acids is 1. The number of amides is 1. The molecule has 5 rings (SSSR count). The van der Waals surface area contributed by atoms with E-state index in [9.17, 15) is 4.79 Å². The Labute approximate surface area is 214 Å². The van der Waals surface area contributed by atoms with Crippen LogP contribution in [0, 0.1) is 6.92 Å². The maximum absolute atomic E-state index is 13.5. The average molecular weight is 521 g/mol. The summed E-state index contributed by atoms with van der Waals surface area (Å²) in [4.78, 5) is 27.1. The second-order valence-electron chi connectivity index (χ2n) is 7.80. The van der Waals surface area contributed by atoms with Gasteiger partial charge in [-0.2, -0.15) is 5.10 Å². The number of halogens is 1. The number of nitrogens with one attached hydrogen (secondary N) is 4. The van der Waals surface area contributed by atoms with Gasteiger partial charge in [0.25, 0.3) is 5.91 Å². The van der Waals surface area contributed by atoms with Crippen LogP contribution >= 0.6 is 22.9 Å². The number of carbonyl (C=O) groups is 1. The molecule has 0 radical (unpaired) electrons. The molecule has 0 bridgehead atoms. The Morgan fingerprint density at radius 1 is 1.11 bits per heavy atom. The van der Waals surface area contributed by atoms with Crippen molar-refractivity contribution in [3.8, 4) is 0 Å². The second kappa shape index (κ2) is 10.2. The van der Waals surface area contributed by atoms with E-state index in [1.54, 1.807) is 13.0 Å². The summed E-state index contributed by atoms with van der Waals surface area (Å²) >= 11 is 7.77. The van der Waals surface area contributed by atoms with Crippen molar-refractivity contribution in [1.29, 1.82) is 0 Å². The topological polar surface area (TPSA) is 133 Å². The number of rotatable bonds is 4. The number of hydrogen-bond acceptors (Lipinski definition) is 9. The summed E-state index contributed by atoms with van der Waals surface area (Å²) in [5.41, 5.74) is 2.94. The maximum atomic E-state index is 13.5. The fraction of sp³-hybridized carbons (Fsp3) is 0.125. The quantitative estimate of drug-likeness (QED) is 0.293. The molecule has 0 fully saturated rings. The fourth-order valence-electron chi connectivity index (χ4n) is 3.60. The molecule has 1 unspecified atom stereocenters. The van der Waals surface area contributed by atoms with Gasteiger partial charge in [0.15, 0.2) is 5.13 Å². The lowest BCUT2D eigenvalue weighted by Gasteiger charge is -2.25. The Morgan fingerprint density at radius 2 is 1.94 bits per heavy atom. The summed E-state index contributed by atoms with van der Waals surface area (Å²) in [7, 11) is 0. The van der Waals surface area contributed by atoms with E-state index in [1.807, 2.05) is 49.4 Å². The number of guanidine groups is 1. The van der Waals surface area contributed by atoms with Crippen LogP contribution in [-0.4, -0.2) is 32.0 Å². The molecule has 4 N–H and O–H groups in total. The number of H-pyrrole nitrogens is 1. The van der Waals surface area contributed by atoms with Crippen LogP contribution in [0.1, 0.15) is 24.4 Å². The van der Waals surface area contributed by atoms with Crippen molar-refractivity contribution < 1.29 is 9.21 Å². The molecule has 182 valence electrons. The van der Waals surface area contributed by atoms with Crippen molar-refractivity contribution in [1.82, 2.24) is 25.5 Å².